The van der Waals surface area contributed by atoms with Gasteiger partial charge in [-0.25, -0.2) is 4.79 Å². The average Bonchev–Trinajstić information content (AvgIpc) is 2.99. The standard InChI is InChI=1S/C23H26N4O4/c1-4-26(5-2)20(29)16-11-13-18(14-12-16)24-19(28)15-27-21(30)23(3,25-22(27)31)17-9-7-6-8-10-17/h6-14H,4-5,15H2,1-3H3,(H,24,28)(H,25,31)/t23-/m1/s1. The fourth-order valence-electron chi connectivity index (χ4n) is 3.54. The summed E-state index contributed by atoms with van der Waals surface area (Å²) < 4.78 is 0. The number of anilines is 1. The van der Waals surface area contributed by atoms with Crippen molar-refractivity contribution in [3.05, 3.63) is 65.7 Å². The zero-order valence-corrected chi connectivity index (χ0v) is 17.8. The van der Waals surface area contributed by atoms with Crippen LogP contribution in [-0.2, 0) is 15.1 Å². The van der Waals surface area contributed by atoms with E-state index in [2.05, 4.69) is 10.6 Å². The van der Waals surface area contributed by atoms with Gasteiger partial charge in [-0.2, -0.15) is 0 Å². The van der Waals surface area contributed by atoms with E-state index in [4.69, 9.17) is 0 Å². The van der Waals surface area contributed by atoms with Crippen LogP contribution < -0.4 is 10.6 Å². The van der Waals surface area contributed by atoms with Crippen LogP contribution in [0.5, 0.6) is 0 Å². The zero-order chi connectivity index (χ0) is 22.6. The molecular formula is C23H26N4O4. The van der Waals surface area contributed by atoms with Gasteiger partial charge in [-0.3, -0.25) is 19.3 Å². The van der Waals surface area contributed by atoms with Crippen LogP contribution in [0.4, 0.5) is 10.5 Å². The van der Waals surface area contributed by atoms with Crippen LogP contribution >= 0.6 is 0 Å². The monoisotopic (exact) mass is 422 g/mol. The number of nitrogens with one attached hydrogen (secondary N) is 2. The number of carbonyl (C=O) groups is 4. The number of amides is 5. The molecule has 5 amide bonds. The van der Waals surface area contributed by atoms with Crippen molar-refractivity contribution in [1.82, 2.24) is 15.1 Å². The molecule has 1 heterocycles. The number of hydrogen-bond acceptors (Lipinski definition) is 4. The summed E-state index contributed by atoms with van der Waals surface area (Å²) in [5.74, 6) is -1.08. The molecule has 1 aliphatic rings. The number of carbonyl (C=O) groups excluding carboxylic acids is 4. The molecule has 1 fully saturated rings. The number of benzene rings is 2. The molecule has 0 aliphatic carbocycles. The van der Waals surface area contributed by atoms with E-state index in [0.717, 1.165) is 4.90 Å². The molecule has 31 heavy (non-hydrogen) atoms. The van der Waals surface area contributed by atoms with Crippen LogP contribution in [0.15, 0.2) is 54.6 Å². The van der Waals surface area contributed by atoms with Crippen molar-refractivity contribution in [2.24, 2.45) is 0 Å². The Kier molecular flexibility index (Phi) is 6.39. The molecule has 0 unspecified atom stereocenters. The quantitative estimate of drug-likeness (QED) is 0.670. The minimum atomic E-state index is -1.22. The SMILES string of the molecule is CCN(CC)C(=O)c1ccc(NC(=O)CN2C(=O)N[C@](C)(c3ccccc3)C2=O)cc1. The highest BCUT2D eigenvalue weighted by Crippen LogP contribution is 2.28. The van der Waals surface area contributed by atoms with Gasteiger partial charge in [0.15, 0.2) is 0 Å². The maximum Gasteiger partial charge on any atom is 0.325 e. The topological polar surface area (TPSA) is 98.8 Å². The second kappa shape index (κ2) is 8.99. The van der Waals surface area contributed by atoms with Crippen LogP contribution in [0.2, 0.25) is 0 Å². The van der Waals surface area contributed by atoms with Gasteiger partial charge in [0.25, 0.3) is 11.8 Å². The van der Waals surface area contributed by atoms with Crippen molar-refractivity contribution >= 4 is 29.4 Å². The molecule has 1 saturated heterocycles. The molecule has 1 atom stereocenters. The first-order valence-electron chi connectivity index (χ1n) is 10.2. The molecule has 0 bridgehead atoms. The van der Waals surface area contributed by atoms with E-state index in [0.29, 0.717) is 29.9 Å². The summed E-state index contributed by atoms with van der Waals surface area (Å²) in [6.45, 7) is 6.26. The summed E-state index contributed by atoms with van der Waals surface area (Å²) in [6.07, 6.45) is 0. The second-order valence-corrected chi connectivity index (χ2v) is 7.42. The van der Waals surface area contributed by atoms with E-state index in [1.165, 1.54) is 0 Å². The van der Waals surface area contributed by atoms with Crippen LogP contribution in [0.25, 0.3) is 0 Å². The maximum absolute atomic E-state index is 12.9. The second-order valence-electron chi connectivity index (χ2n) is 7.42. The van der Waals surface area contributed by atoms with Gasteiger partial charge in [-0.1, -0.05) is 30.3 Å². The summed E-state index contributed by atoms with van der Waals surface area (Å²) in [4.78, 5) is 52.7. The van der Waals surface area contributed by atoms with E-state index in [1.807, 2.05) is 19.9 Å². The fraction of sp³-hybridized carbons (Fsp3) is 0.304. The Bertz CT molecular complexity index is 986. The highest BCUT2D eigenvalue weighted by Gasteiger charge is 2.49. The highest BCUT2D eigenvalue weighted by molar-refractivity contribution is 6.10. The third-order valence-electron chi connectivity index (χ3n) is 5.39. The molecule has 2 aromatic carbocycles. The molecule has 0 aromatic heterocycles. The van der Waals surface area contributed by atoms with E-state index >= 15 is 0 Å². The lowest BCUT2D eigenvalue weighted by molar-refractivity contribution is -0.133. The van der Waals surface area contributed by atoms with Crippen molar-refractivity contribution in [2.75, 3.05) is 25.0 Å². The lowest BCUT2D eigenvalue weighted by Crippen LogP contribution is -2.42. The van der Waals surface area contributed by atoms with E-state index in [1.54, 1.807) is 60.4 Å². The van der Waals surface area contributed by atoms with Crippen molar-refractivity contribution in [3.63, 3.8) is 0 Å². The Morgan fingerprint density at radius 3 is 2.19 bits per heavy atom. The third kappa shape index (κ3) is 4.42. The molecule has 1 aliphatic heterocycles. The van der Waals surface area contributed by atoms with Gasteiger partial charge in [-0.05, 0) is 50.6 Å². The van der Waals surface area contributed by atoms with Gasteiger partial charge in [0.1, 0.15) is 12.1 Å². The molecule has 0 spiro atoms. The molecular weight excluding hydrogens is 396 g/mol. The Balaban J connectivity index is 1.65. The van der Waals surface area contributed by atoms with E-state index in [-0.39, 0.29) is 5.91 Å². The van der Waals surface area contributed by atoms with E-state index in [9.17, 15) is 19.2 Å². The van der Waals surface area contributed by atoms with Gasteiger partial charge in [0.05, 0.1) is 0 Å². The summed E-state index contributed by atoms with van der Waals surface area (Å²) >= 11 is 0. The molecule has 2 N–H and O–H groups in total. The van der Waals surface area contributed by atoms with Crippen molar-refractivity contribution in [2.45, 2.75) is 26.3 Å². The van der Waals surface area contributed by atoms with Crippen LogP contribution in [-0.4, -0.2) is 53.2 Å². The van der Waals surface area contributed by atoms with Gasteiger partial charge >= 0.3 is 6.03 Å². The summed E-state index contributed by atoms with van der Waals surface area (Å²) in [5, 5.41) is 5.34. The lowest BCUT2D eigenvalue weighted by atomic mass is 9.92. The maximum atomic E-state index is 12.9. The van der Waals surface area contributed by atoms with Crippen molar-refractivity contribution < 1.29 is 19.2 Å². The Labute approximate surface area is 181 Å². The largest absolute Gasteiger partial charge is 0.339 e. The van der Waals surface area contributed by atoms with Crippen LogP contribution in [0, 0.1) is 0 Å². The first-order chi connectivity index (χ1) is 14.8. The molecule has 3 rings (SSSR count). The van der Waals surface area contributed by atoms with Gasteiger partial charge in [-0.15, -0.1) is 0 Å². The predicted molar refractivity (Wildman–Crippen MR) is 116 cm³/mol. The normalized spacial score (nSPS) is 18.0. The first-order valence-corrected chi connectivity index (χ1v) is 10.2. The number of hydrogen-bond donors (Lipinski definition) is 2. The number of nitrogens with zero attached hydrogens (tertiary/aromatic N) is 2. The van der Waals surface area contributed by atoms with Gasteiger partial charge < -0.3 is 15.5 Å². The minimum Gasteiger partial charge on any atom is -0.339 e. The summed E-state index contributed by atoms with van der Waals surface area (Å²) in [5.41, 5.74) is 0.420. The number of imide groups is 1. The molecule has 0 saturated carbocycles. The molecule has 8 nitrogen and oxygen atoms in total. The Morgan fingerprint density at radius 1 is 1.00 bits per heavy atom. The van der Waals surface area contributed by atoms with Crippen LogP contribution in [0.1, 0.15) is 36.7 Å². The minimum absolute atomic E-state index is 0.0811. The van der Waals surface area contributed by atoms with Crippen molar-refractivity contribution in [3.8, 4) is 0 Å². The molecule has 2 aromatic rings. The van der Waals surface area contributed by atoms with Crippen LogP contribution in [0.3, 0.4) is 0 Å². The summed E-state index contributed by atoms with van der Waals surface area (Å²) in [7, 11) is 0. The van der Waals surface area contributed by atoms with Crippen molar-refractivity contribution in [1.29, 1.82) is 0 Å². The smallest absolute Gasteiger partial charge is 0.325 e. The highest BCUT2D eigenvalue weighted by atomic mass is 16.2. The Morgan fingerprint density at radius 2 is 1.61 bits per heavy atom. The number of urea groups is 1. The van der Waals surface area contributed by atoms with E-state index < -0.39 is 29.9 Å². The van der Waals surface area contributed by atoms with Gasteiger partial charge in [0.2, 0.25) is 5.91 Å². The Hall–Kier alpha value is -3.68. The molecule has 8 heteroatoms. The van der Waals surface area contributed by atoms with Gasteiger partial charge in [0, 0.05) is 24.3 Å². The molecule has 0 radical (unpaired) electrons. The third-order valence-corrected chi connectivity index (χ3v) is 5.39. The first kappa shape index (κ1) is 22.0. The fourth-order valence-corrected chi connectivity index (χ4v) is 3.54. The predicted octanol–water partition coefficient (Wildman–Crippen LogP) is 2.57. The zero-order valence-electron chi connectivity index (χ0n) is 17.8. The molecule has 162 valence electrons. The average molecular weight is 422 g/mol. The lowest BCUT2D eigenvalue weighted by Gasteiger charge is -2.22. The summed E-state index contributed by atoms with van der Waals surface area (Å²) in [6, 6.07) is 14.8. The number of rotatable bonds is 7.